The van der Waals surface area contributed by atoms with E-state index in [0.717, 1.165) is 23.3 Å². The fourth-order valence-corrected chi connectivity index (χ4v) is 6.94. The molecule has 2 aromatic carbocycles. The zero-order valence-electron chi connectivity index (χ0n) is 17.0. The van der Waals surface area contributed by atoms with Gasteiger partial charge in [-0.3, -0.25) is 19.3 Å². The fourth-order valence-electron chi connectivity index (χ4n) is 6.29. The molecule has 0 unspecified atom stereocenters. The van der Waals surface area contributed by atoms with Crippen molar-refractivity contribution < 1.29 is 14.4 Å². The molecule has 3 amide bonds. The maximum Gasteiger partial charge on any atom is 0.250 e. The second-order valence-electron chi connectivity index (χ2n) is 8.83. The lowest BCUT2D eigenvalue weighted by Crippen LogP contribution is -2.54. The van der Waals surface area contributed by atoms with E-state index in [1.54, 1.807) is 18.2 Å². The molecule has 6 rings (SSSR count). The number of anilines is 2. The van der Waals surface area contributed by atoms with Crippen LogP contribution in [0.1, 0.15) is 24.0 Å². The summed E-state index contributed by atoms with van der Waals surface area (Å²) in [4.78, 5) is 44.5. The first kappa shape index (κ1) is 20.5. The Morgan fingerprint density at radius 3 is 2.56 bits per heavy atom. The lowest BCUT2D eigenvalue weighted by molar-refractivity contribution is -0.135. The first-order valence-electron chi connectivity index (χ1n) is 10.5. The van der Waals surface area contributed by atoms with Crippen LogP contribution >= 0.6 is 34.8 Å². The number of nitrogens with zero attached hydrogens (tertiary/aromatic N) is 2. The van der Waals surface area contributed by atoms with Crippen LogP contribution in [0, 0.1) is 18.8 Å². The minimum Gasteiger partial charge on any atom is -0.324 e. The molecule has 32 heavy (non-hydrogen) atoms. The molecular formula is C23H18Cl3N3O3. The van der Waals surface area contributed by atoms with Gasteiger partial charge in [-0.05, 0) is 56.1 Å². The molecule has 3 saturated heterocycles. The van der Waals surface area contributed by atoms with Crippen LogP contribution in [-0.4, -0.2) is 35.2 Å². The minimum absolute atomic E-state index is 0.194. The first-order chi connectivity index (χ1) is 15.3. The van der Waals surface area contributed by atoms with Crippen LogP contribution in [0.4, 0.5) is 11.4 Å². The summed E-state index contributed by atoms with van der Waals surface area (Å²) in [6, 6.07) is 8.06. The molecule has 4 heterocycles. The number of hydrogen-bond acceptors (Lipinski definition) is 4. The van der Waals surface area contributed by atoms with Crippen molar-refractivity contribution in [2.24, 2.45) is 11.8 Å². The summed E-state index contributed by atoms with van der Waals surface area (Å²) in [6.45, 7) is 2.49. The lowest BCUT2D eigenvalue weighted by Gasteiger charge is -2.36. The molecule has 1 N–H and O–H groups in total. The van der Waals surface area contributed by atoms with E-state index < -0.39 is 23.3 Å². The molecule has 4 aliphatic heterocycles. The number of benzene rings is 2. The Balaban J connectivity index is 1.57. The highest BCUT2D eigenvalue weighted by Gasteiger charge is 2.74. The third-order valence-electron chi connectivity index (χ3n) is 7.51. The van der Waals surface area contributed by atoms with Gasteiger partial charge in [0.25, 0.3) is 0 Å². The average Bonchev–Trinajstić information content (AvgIpc) is 3.45. The van der Waals surface area contributed by atoms with Gasteiger partial charge >= 0.3 is 0 Å². The third kappa shape index (κ3) is 2.29. The number of nitrogens with one attached hydrogen (secondary N) is 1. The van der Waals surface area contributed by atoms with Gasteiger partial charge in [-0.2, -0.15) is 0 Å². The van der Waals surface area contributed by atoms with Gasteiger partial charge < -0.3 is 5.32 Å². The molecule has 0 saturated carbocycles. The van der Waals surface area contributed by atoms with Crippen LogP contribution in [0.3, 0.4) is 0 Å². The highest BCUT2D eigenvalue weighted by atomic mass is 35.5. The van der Waals surface area contributed by atoms with Gasteiger partial charge in [-0.15, -0.1) is 0 Å². The summed E-state index contributed by atoms with van der Waals surface area (Å²) in [5, 5.41) is 4.15. The maximum absolute atomic E-state index is 13.9. The number of halogens is 3. The number of rotatable bonds is 1. The van der Waals surface area contributed by atoms with Gasteiger partial charge in [0.05, 0.1) is 28.2 Å². The normalized spacial score (nSPS) is 30.8. The highest BCUT2D eigenvalue weighted by molar-refractivity contribution is 6.38. The largest absolute Gasteiger partial charge is 0.324 e. The van der Waals surface area contributed by atoms with Gasteiger partial charge in [0.1, 0.15) is 5.54 Å². The second-order valence-corrected chi connectivity index (χ2v) is 10.1. The quantitative estimate of drug-likeness (QED) is 0.602. The standard InChI is InChI=1S/C23H18Cl3N3O3/c1-10-13(25)6-5-12-19(10)27-22(32)23(12)18-17(16-3-2-8-28(16)23)20(30)29(21(18)31)15-7-4-11(24)9-14(15)26/h4-7,9,16-18H,2-3,8H2,1H3,(H,27,32)/t16-,17-,18+,23+/m1/s1. The topological polar surface area (TPSA) is 69.7 Å². The van der Waals surface area contributed by atoms with Gasteiger partial charge in [0, 0.05) is 21.7 Å². The summed E-state index contributed by atoms with van der Waals surface area (Å²) in [5.74, 6) is -2.46. The minimum atomic E-state index is -1.24. The van der Waals surface area contributed by atoms with Crippen LogP contribution in [0.2, 0.25) is 15.1 Å². The Kier molecular flexibility index (Phi) is 4.29. The van der Waals surface area contributed by atoms with E-state index in [0.29, 0.717) is 33.5 Å². The predicted molar refractivity (Wildman–Crippen MR) is 122 cm³/mol. The Hall–Kier alpha value is -2.12. The van der Waals surface area contributed by atoms with E-state index in [1.165, 1.54) is 6.07 Å². The van der Waals surface area contributed by atoms with Gasteiger partial charge in [-0.25, -0.2) is 4.90 Å². The van der Waals surface area contributed by atoms with E-state index >= 15 is 0 Å². The molecule has 1 spiro atoms. The smallest absolute Gasteiger partial charge is 0.250 e. The van der Waals surface area contributed by atoms with E-state index in [4.69, 9.17) is 34.8 Å². The summed E-state index contributed by atoms with van der Waals surface area (Å²) in [6.07, 6.45) is 1.60. The molecular weight excluding hydrogens is 473 g/mol. The van der Waals surface area contributed by atoms with E-state index in [-0.39, 0.29) is 22.9 Å². The number of fused-ring (bicyclic) bond motifs is 7. The Bertz CT molecular complexity index is 1250. The Labute approximate surface area is 199 Å². The second kappa shape index (κ2) is 6.70. The molecule has 0 radical (unpaired) electrons. The molecule has 9 heteroatoms. The molecule has 2 aromatic rings. The lowest BCUT2D eigenvalue weighted by atomic mass is 9.75. The van der Waals surface area contributed by atoms with Crippen molar-refractivity contribution >= 4 is 63.9 Å². The van der Waals surface area contributed by atoms with Crippen LogP contribution in [0.5, 0.6) is 0 Å². The summed E-state index contributed by atoms with van der Waals surface area (Å²) in [7, 11) is 0. The number of imide groups is 1. The van der Waals surface area contributed by atoms with E-state index in [2.05, 4.69) is 10.2 Å². The summed E-state index contributed by atoms with van der Waals surface area (Å²) < 4.78 is 0. The van der Waals surface area contributed by atoms with Crippen molar-refractivity contribution in [1.82, 2.24) is 4.90 Å². The van der Waals surface area contributed by atoms with Gasteiger partial charge in [0.15, 0.2) is 0 Å². The van der Waals surface area contributed by atoms with Crippen molar-refractivity contribution in [3.63, 3.8) is 0 Å². The number of carbonyl (C=O) groups is 3. The summed E-state index contributed by atoms with van der Waals surface area (Å²) in [5.41, 5.74) is 1.16. The Morgan fingerprint density at radius 2 is 1.81 bits per heavy atom. The van der Waals surface area contributed by atoms with Crippen molar-refractivity contribution in [2.45, 2.75) is 31.3 Å². The molecule has 3 fully saturated rings. The molecule has 0 aromatic heterocycles. The number of amides is 3. The highest BCUT2D eigenvalue weighted by Crippen LogP contribution is 2.61. The van der Waals surface area contributed by atoms with Gasteiger partial charge in [0.2, 0.25) is 17.7 Å². The average molecular weight is 491 g/mol. The molecule has 0 aliphatic carbocycles. The van der Waals surface area contributed by atoms with E-state index in [9.17, 15) is 14.4 Å². The van der Waals surface area contributed by atoms with Crippen LogP contribution in [-0.2, 0) is 19.9 Å². The van der Waals surface area contributed by atoms with Crippen molar-refractivity contribution in [3.05, 3.63) is 56.5 Å². The number of carbonyl (C=O) groups excluding carboxylic acids is 3. The van der Waals surface area contributed by atoms with Crippen LogP contribution in [0.25, 0.3) is 0 Å². The Morgan fingerprint density at radius 1 is 1.03 bits per heavy atom. The fraction of sp³-hybridized carbons (Fsp3) is 0.348. The molecule has 6 nitrogen and oxygen atoms in total. The van der Waals surface area contributed by atoms with Crippen molar-refractivity contribution in [3.8, 4) is 0 Å². The monoisotopic (exact) mass is 489 g/mol. The third-order valence-corrected chi connectivity index (χ3v) is 8.46. The van der Waals surface area contributed by atoms with Gasteiger partial charge in [-0.1, -0.05) is 40.9 Å². The molecule has 4 atom stereocenters. The van der Waals surface area contributed by atoms with Crippen molar-refractivity contribution in [1.29, 1.82) is 0 Å². The molecule has 164 valence electrons. The number of hydrogen-bond donors (Lipinski definition) is 1. The zero-order valence-corrected chi connectivity index (χ0v) is 19.3. The van der Waals surface area contributed by atoms with Crippen LogP contribution in [0.15, 0.2) is 30.3 Å². The van der Waals surface area contributed by atoms with Crippen molar-refractivity contribution in [2.75, 3.05) is 16.8 Å². The molecule has 4 aliphatic rings. The first-order valence-corrected chi connectivity index (χ1v) is 11.6. The predicted octanol–water partition coefficient (Wildman–Crippen LogP) is 4.39. The SMILES string of the molecule is Cc1c(Cl)ccc2c1NC(=O)[C@@]21[C@@H]2C(=O)N(c3ccc(Cl)cc3Cl)C(=O)[C@@H]2[C@H]2CCCN21. The zero-order chi connectivity index (χ0) is 22.5. The molecule has 0 bridgehead atoms. The van der Waals surface area contributed by atoms with Crippen LogP contribution < -0.4 is 10.2 Å². The maximum atomic E-state index is 13.9. The van der Waals surface area contributed by atoms with E-state index in [1.807, 2.05) is 13.0 Å². The summed E-state index contributed by atoms with van der Waals surface area (Å²) >= 11 is 18.7.